The quantitative estimate of drug-likeness (QED) is 0.740. The van der Waals surface area contributed by atoms with Gasteiger partial charge in [0, 0.05) is 11.6 Å². The van der Waals surface area contributed by atoms with Crippen LogP contribution >= 0.6 is 34.3 Å². The smallest absolute Gasteiger partial charge is 0.266 e. The second-order valence-electron chi connectivity index (χ2n) is 4.47. The Morgan fingerprint density at radius 2 is 2.05 bits per heavy atom. The number of halogens is 1. The van der Waals surface area contributed by atoms with Crippen molar-refractivity contribution in [3.63, 3.8) is 0 Å². The molecular formula is C16H10ClNO2S2. The lowest BCUT2D eigenvalue weighted by Gasteiger charge is -1.97. The third-order valence-electron chi connectivity index (χ3n) is 2.92. The van der Waals surface area contributed by atoms with E-state index in [1.54, 1.807) is 41.7 Å². The number of rotatable bonds is 3. The predicted molar refractivity (Wildman–Crippen MR) is 92.3 cm³/mol. The summed E-state index contributed by atoms with van der Waals surface area (Å²) in [6.45, 7) is 0. The average Bonchev–Trinajstić information content (AvgIpc) is 3.10. The average molecular weight is 348 g/mol. The molecule has 3 rings (SSSR count). The molecule has 0 saturated heterocycles. The highest BCUT2D eigenvalue weighted by atomic mass is 35.5. The molecule has 0 saturated carbocycles. The van der Waals surface area contributed by atoms with Crippen molar-refractivity contribution in [2.24, 2.45) is 0 Å². The van der Waals surface area contributed by atoms with Crippen molar-refractivity contribution < 1.29 is 4.79 Å². The molecule has 22 heavy (non-hydrogen) atoms. The molecule has 0 atom stereocenters. The van der Waals surface area contributed by atoms with Crippen LogP contribution in [0, 0.1) is 0 Å². The van der Waals surface area contributed by atoms with E-state index >= 15 is 0 Å². The van der Waals surface area contributed by atoms with Crippen molar-refractivity contribution in [2.45, 2.75) is 0 Å². The molecule has 0 bridgehead atoms. The minimum atomic E-state index is -0.231. The maximum Gasteiger partial charge on any atom is 0.266 e. The zero-order valence-electron chi connectivity index (χ0n) is 11.2. The van der Waals surface area contributed by atoms with Crippen molar-refractivity contribution in [1.82, 2.24) is 4.98 Å². The first-order valence-corrected chi connectivity index (χ1v) is 8.51. The van der Waals surface area contributed by atoms with Crippen LogP contribution in [0.5, 0.6) is 0 Å². The highest BCUT2D eigenvalue weighted by Crippen LogP contribution is 2.15. The number of H-pyrrole nitrogens is 1. The monoisotopic (exact) mass is 347 g/mol. The molecule has 2 heterocycles. The first-order chi connectivity index (χ1) is 10.6. The number of Topliss-reactive ketones (excluding diaryl/α,β-unsaturated/α-hetero) is 1. The largest absolute Gasteiger partial charge is 0.313 e. The molecular weight excluding hydrogens is 338 g/mol. The van der Waals surface area contributed by atoms with Crippen LogP contribution in [0.2, 0.25) is 5.02 Å². The number of hydrogen-bond donors (Lipinski definition) is 1. The first-order valence-electron chi connectivity index (χ1n) is 6.37. The fraction of sp³-hybridized carbons (Fsp3) is 0. The summed E-state index contributed by atoms with van der Waals surface area (Å²) in [6, 6.07) is 8.77. The number of aromatic amines is 1. The Labute approximate surface area is 138 Å². The molecule has 0 aliphatic carbocycles. The third kappa shape index (κ3) is 3.27. The van der Waals surface area contributed by atoms with E-state index in [0.717, 1.165) is 5.56 Å². The Kier molecular flexibility index (Phi) is 4.38. The van der Waals surface area contributed by atoms with Crippen LogP contribution in [0.4, 0.5) is 0 Å². The van der Waals surface area contributed by atoms with Crippen LogP contribution in [0.15, 0.2) is 45.9 Å². The number of ketones is 1. The van der Waals surface area contributed by atoms with Crippen molar-refractivity contribution in [1.29, 1.82) is 0 Å². The molecule has 0 radical (unpaired) electrons. The van der Waals surface area contributed by atoms with Gasteiger partial charge in [0.1, 0.15) is 0 Å². The van der Waals surface area contributed by atoms with Gasteiger partial charge in [-0.1, -0.05) is 23.7 Å². The van der Waals surface area contributed by atoms with E-state index in [2.05, 4.69) is 4.98 Å². The number of carbonyl (C=O) groups excluding carboxylic acids is 1. The van der Waals surface area contributed by atoms with Gasteiger partial charge >= 0.3 is 0 Å². The minimum Gasteiger partial charge on any atom is -0.313 e. The van der Waals surface area contributed by atoms with Crippen molar-refractivity contribution >= 4 is 52.2 Å². The molecule has 3 nitrogen and oxygen atoms in total. The van der Waals surface area contributed by atoms with Crippen LogP contribution in [0.25, 0.3) is 12.2 Å². The van der Waals surface area contributed by atoms with Gasteiger partial charge in [-0.25, -0.2) is 0 Å². The molecule has 0 fully saturated rings. The Morgan fingerprint density at radius 3 is 2.77 bits per heavy atom. The van der Waals surface area contributed by atoms with E-state index in [0.29, 0.717) is 19.8 Å². The molecule has 0 aliphatic rings. The van der Waals surface area contributed by atoms with Crippen LogP contribution in [-0.4, -0.2) is 10.8 Å². The van der Waals surface area contributed by atoms with E-state index in [1.165, 1.54) is 17.4 Å². The summed E-state index contributed by atoms with van der Waals surface area (Å²) in [5, 5.41) is 4.30. The topological polar surface area (TPSA) is 49.9 Å². The Morgan fingerprint density at radius 1 is 1.23 bits per heavy atom. The van der Waals surface area contributed by atoms with E-state index in [-0.39, 0.29) is 11.3 Å². The van der Waals surface area contributed by atoms with Crippen LogP contribution in [-0.2, 0) is 0 Å². The number of thiazole rings is 1. The lowest BCUT2D eigenvalue weighted by molar-refractivity contribution is 0.106. The zero-order valence-corrected chi connectivity index (χ0v) is 13.6. The summed E-state index contributed by atoms with van der Waals surface area (Å²) in [7, 11) is 0. The fourth-order valence-corrected chi connectivity index (χ4v) is 3.62. The first kappa shape index (κ1) is 15.0. The van der Waals surface area contributed by atoms with Gasteiger partial charge in [0.2, 0.25) is 0 Å². The van der Waals surface area contributed by atoms with Gasteiger partial charge in [-0.2, -0.15) is 11.3 Å². The molecule has 2 aromatic heterocycles. The highest BCUT2D eigenvalue weighted by molar-refractivity contribution is 7.08. The SMILES string of the molecule is O=C(/C=c1\[nH]c(=O)/c(=C\c2ccsc2)s1)c1ccccc1Cl. The molecule has 1 N–H and O–H groups in total. The van der Waals surface area contributed by atoms with Crippen molar-refractivity contribution in [3.8, 4) is 0 Å². The van der Waals surface area contributed by atoms with Crippen molar-refractivity contribution in [3.05, 3.63) is 76.8 Å². The summed E-state index contributed by atoms with van der Waals surface area (Å²) in [4.78, 5) is 26.8. The van der Waals surface area contributed by atoms with Gasteiger partial charge in [0.15, 0.2) is 5.78 Å². The standard InChI is InChI=1S/C16H10ClNO2S2/c17-12-4-2-1-3-11(12)13(19)8-15-18-16(20)14(22-15)7-10-5-6-21-9-10/h1-9H,(H,18,20)/b14-7+,15-8+. The van der Waals surface area contributed by atoms with Gasteiger partial charge in [-0.15, -0.1) is 11.3 Å². The van der Waals surface area contributed by atoms with Crippen LogP contribution in [0.1, 0.15) is 15.9 Å². The molecule has 3 aromatic rings. The molecule has 0 spiro atoms. The lowest BCUT2D eigenvalue weighted by atomic mass is 10.1. The highest BCUT2D eigenvalue weighted by Gasteiger charge is 2.07. The second kappa shape index (κ2) is 6.44. The van der Waals surface area contributed by atoms with E-state index in [1.807, 2.05) is 16.8 Å². The predicted octanol–water partition coefficient (Wildman–Crippen LogP) is 2.64. The number of benzene rings is 1. The maximum absolute atomic E-state index is 12.2. The van der Waals surface area contributed by atoms with Gasteiger partial charge in [-0.05, 0) is 40.6 Å². The van der Waals surface area contributed by atoms with Gasteiger partial charge in [0.05, 0.1) is 14.2 Å². The number of thiophene rings is 1. The molecule has 0 aliphatic heterocycles. The third-order valence-corrected chi connectivity index (χ3v) is 4.92. The lowest BCUT2D eigenvalue weighted by Crippen LogP contribution is -2.19. The van der Waals surface area contributed by atoms with Gasteiger partial charge < -0.3 is 4.98 Å². The minimum absolute atomic E-state index is 0.200. The van der Waals surface area contributed by atoms with Crippen LogP contribution in [0.3, 0.4) is 0 Å². The second-order valence-corrected chi connectivity index (χ2v) is 6.75. The zero-order chi connectivity index (χ0) is 15.5. The molecule has 1 aromatic carbocycles. The van der Waals surface area contributed by atoms with E-state index in [9.17, 15) is 9.59 Å². The molecule has 0 amide bonds. The summed E-state index contributed by atoms with van der Waals surface area (Å²) in [5.74, 6) is -0.231. The number of hydrogen-bond acceptors (Lipinski definition) is 4. The summed E-state index contributed by atoms with van der Waals surface area (Å²) < 4.78 is 1.08. The van der Waals surface area contributed by atoms with Crippen molar-refractivity contribution in [2.75, 3.05) is 0 Å². The summed E-state index contributed by atoms with van der Waals surface area (Å²) >= 11 is 8.82. The Balaban J connectivity index is 2.02. The van der Waals surface area contributed by atoms with E-state index < -0.39 is 0 Å². The number of nitrogens with one attached hydrogen (secondary N) is 1. The molecule has 110 valence electrons. The van der Waals surface area contributed by atoms with Crippen LogP contribution < -0.4 is 14.8 Å². The normalized spacial score (nSPS) is 12.8. The van der Waals surface area contributed by atoms with Gasteiger partial charge in [0.25, 0.3) is 5.56 Å². The summed E-state index contributed by atoms with van der Waals surface area (Å²) in [6.07, 6.45) is 3.20. The van der Waals surface area contributed by atoms with E-state index in [4.69, 9.17) is 11.6 Å². The number of aromatic nitrogens is 1. The maximum atomic E-state index is 12.2. The Bertz CT molecular complexity index is 984. The number of carbonyl (C=O) groups is 1. The Hall–Kier alpha value is -1.95. The summed E-state index contributed by atoms with van der Waals surface area (Å²) in [5.41, 5.74) is 1.19. The molecule has 6 heteroatoms. The fourth-order valence-electron chi connectivity index (χ4n) is 1.89. The van der Waals surface area contributed by atoms with Gasteiger partial charge in [-0.3, -0.25) is 9.59 Å². The molecule has 0 unspecified atom stereocenters.